The first-order chi connectivity index (χ1) is 14.5. The number of carbonyl (C=O) groups is 1. The monoisotopic (exact) mass is 459 g/mol. The SMILES string of the molecule is CCc1cc(C(=O)O)ccc1-c1ccc(CCNC[C@H](O)c2cccc(Cl)c2)cc1.Cl. The fraction of sp³-hybridized carbons (Fsp3) is 0.240. The molecule has 6 heteroatoms. The number of rotatable bonds is 9. The van der Waals surface area contributed by atoms with E-state index in [1.54, 1.807) is 24.3 Å². The molecule has 1 atom stereocenters. The van der Waals surface area contributed by atoms with Crippen molar-refractivity contribution in [2.45, 2.75) is 25.9 Å². The van der Waals surface area contributed by atoms with Gasteiger partial charge in [-0.25, -0.2) is 4.79 Å². The van der Waals surface area contributed by atoms with Crippen LogP contribution in [-0.2, 0) is 12.8 Å². The number of benzene rings is 3. The summed E-state index contributed by atoms with van der Waals surface area (Å²) in [4.78, 5) is 11.2. The summed E-state index contributed by atoms with van der Waals surface area (Å²) in [7, 11) is 0. The molecule has 0 heterocycles. The van der Waals surface area contributed by atoms with Gasteiger partial charge in [0.2, 0.25) is 0 Å². The van der Waals surface area contributed by atoms with Crippen LogP contribution in [0, 0.1) is 0 Å². The van der Waals surface area contributed by atoms with Crippen molar-refractivity contribution in [1.29, 1.82) is 0 Å². The van der Waals surface area contributed by atoms with Crippen LogP contribution in [0.3, 0.4) is 0 Å². The summed E-state index contributed by atoms with van der Waals surface area (Å²) in [6, 6.07) is 20.9. The Labute approximate surface area is 194 Å². The highest BCUT2D eigenvalue weighted by Gasteiger charge is 2.10. The summed E-state index contributed by atoms with van der Waals surface area (Å²) in [5, 5.41) is 23.3. The minimum atomic E-state index is -0.903. The van der Waals surface area contributed by atoms with Gasteiger partial charge in [0.05, 0.1) is 11.7 Å². The zero-order valence-electron chi connectivity index (χ0n) is 17.3. The van der Waals surface area contributed by atoms with Gasteiger partial charge in [0.25, 0.3) is 0 Å². The van der Waals surface area contributed by atoms with Gasteiger partial charge in [0.1, 0.15) is 0 Å². The van der Waals surface area contributed by atoms with E-state index in [0.29, 0.717) is 17.1 Å². The van der Waals surface area contributed by atoms with E-state index in [4.69, 9.17) is 11.6 Å². The van der Waals surface area contributed by atoms with Gasteiger partial charge in [0, 0.05) is 11.6 Å². The van der Waals surface area contributed by atoms with Gasteiger partial charge in [0.15, 0.2) is 0 Å². The third kappa shape index (κ3) is 6.81. The van der Waals surface area contributed by atoms with Crippen LogP contribution in [0.15, 0.2) is 66.7 Å². The molecule has 0 unspecified atom stereocenters. The lowest BCUT2D eigenvalue weighted by Gasteiger charge is -2.13. The van der Waals surface area contributed by atoms with Gasteiger partial charge < -0.3 is 15.5 Å². The summed E-state index contributed by atoms with van der Waals surface area (Å²) in [6.45, 7) is 3.25. The molecule has 0 aromatic heterocycles. The highest BCUT2D eigenvalue weighted by molar-refractivity contribution is 6.30. The summed E-state index contributed by atoms with van der Waals surface area (Å²) in [5.74, 6) is -0.903. The van der Waals surface area contributed by atoms with Crippen molar-refractivity contribution in [3.8, 4) is 11.1 Å². The Hall–Kier alpha value is -2.37. The number of hydrogen-bond donors (Lipinski definition) is 3. The standard InChI is InChI=1S/C25H26ClNO3.ClH/c1-2-18-14-21(25(29)30)10-11-23(18)19-8-6-17(7-9-19)12-13-27-16-24(28)20-4-3-5-22(26)15-20;/h3-11,14-15,24,27-28H,2,12-13,16H2,1H3,(H,29,30);1H/t24-;/m0./s1. The Balaban J connectivity index is 0.00000341. The average molecular weight is 460 g/mol. The summed E-state index contributed by atoms with van der Waals surface area (Å²) < 4.78 is 0. The zero-order valence-corrected chi connectivity index (χ0v) is 18.9. The van der Waals surface area contributed by atoms with E-state index in [1.807, 2.05) is 25.1 Å². The van der Waals surface area contributed by atoms with E-state index in [2.05, 4.69) is 29.6 Å². The Kier molecular flexibility index (Phi) is 9.53. The normalized spacial score (nSPS) is 11.6. The van der Waals surface area contributed by atoms with Crippen molar-refractivity contribution >= 4 is 30.0 Å². The van der Waals surface area contributed by atoms with Gasteiger partial charge in [-0.05, 0) is 71.5 Å². The molecule has 3 aromatic rings. The van der Waals surface area contributed by atoms with E-state index in [9.17, 15) is 15.0 Å². The highest BCUT2D eigenvalue weighted by Crippen LogP contribution is 2.26. The predicted molar refractivity (Wildman–Crippen MR) is 128 cm³/mol. The number of nitrogens with one attached hydrogen (secondary N) is 1. The molecule has 0 aliphatic carbocycles. The van der Waals surface area contributed by atoms with Gasteiger partial charge in [-0.3, -0.25) is 0 Å². The highest BCUT2D eigenvalue weighted by atomic mass is 35.5. The van der Waals surface area contributed by atoms with Gasteiger partial charge >= 0.3 is 5.97 Å². The quantitative estimate of drug-likeness (QED) is 0.366. The van der Waals surface area contributed by atoms with Gasteiger partial charge in [-0.15, -0.1) is 12.4 Å². The van der Waals surface area contributed by atoms with Crippen LogP contribution in [-0.4, -0.2) is 29.3 Å². The lowest BCUT2D eigenvalue weighted by molar-refractivity contribution is 0.0696. The maximum Gasteiger partial charge on any atom is 0.335 e. The van der Waals surface area contributed by atoms with Crippen molar-refractivity contribution < 1.29 is 15.0 Å². The lowest BCUT2D eigenvalue weighted by atomic mass is 9.95. The number of aryl methyl sites for hydroxylation is 1. The molecule has 0 aliphatic heterocycles. The summed E-state index contributed by atoms with van der Waals surface area (Å²) >= 11 is 5.97. The van der Waals surface area contributed by atoms with E-state index < -0.39 is 12.1 Å². The van der Waals surface area contributed by atoms with Crippen molar-refractivity contribution in [1.82, 2.24) is 5.32 Å². The molecular weight excluding hydrogens is 433 g/mol. The third-order valence-electron chi connectivity index (χ3n) is 5.16. The van der Waals surface area contributed by atoms with Crippen LogP contribution in [0.5, 0.6) is 0 Å². The number of aliphatic hydroxyl groups is 1. The molecule has 0 amide bonds. The first-order valence-corrected chi connectivity index (χ1v) is 10.5. The van der Waals surface area contributed by atoms with Gasteiger partial charge in [-0.1, -0.05) is 61.0 Å². The van der Waals surface area contributed by atoms with Crippen molar-refractivity contribution in [2.75, 3.05) is 13.1 Å². The lowest BCUT2D eigenvalue weighted by Crippen LogP contribution is -2.23. The van der Waals surface area contributed by atoms with E-state index in [-0.39, 0.29) is 12.4 Å². The summed E-state index contributed by atoms with van der Waals surface area (Å²) in [5.41, 5.74) is 5.50. The van der Waals surface area contributed by atoms with Crippen LogP contribution in [0.2, 0.25) is 5.02 Å². The molecule has 3 N–H and O–H groups in total. The molecule has 0 bridgehead atoms. The van der Waals surface area contributed by atoms with E-state index in [1.165, 1.54) is 5.56 Å². The smallest absolute Gasteiger partial charge is 0.335 e. The molecule has 0 saturated heterocycles. The van der Waals surface area contributed by atoms with Crippen LogP contribution >= 0.6 is 24.0 Å². The minimum absolute atomic E-state index is 0. The maximum atomic E-state index is 11.2. The number of hydrogen-bond acceptors (Lipinski definition) is 3. The first-order valence-electron chi connectivity index (χ1n) is 10.1. The Morgan fingerprint density at radius 3 is 2.45 bits per heavy atom. The Morgan fingerprint density at radius 1 is 1.06 bits per heavy atom. The second-order valence-corrected chi connectivity index (χ2v) is 7.69. The first kappa shape index (κ1) is 24.9. The second-order valence-electron chi connectivity index (χ2n) is 7.25. The molecular formula is C25H27Cl2NO3. The van der Waals surface area contributed by atoms with Crippen LogP contribution in [0.1, 0.15) is 40.1 Å². The third-order valence-corrected chi connectivity index (χ3v) is 5.39. The van der Waals surface area contributed by atoms with Crippen molar-refractivity contribution in [3.05, 3.63) is 94.0 Å². The molecule has 31 heavy (non-hydrogen) atoms. The van der Waals surface area contributed by atoms with Crippen LogP contribution < -0.4 is 5.32 Å². The second kappa shape index (κ2) is 11.9. The average Bonchev–Trinajstić information content (AvgIpc) is 2.76. The number of aromatic carboxylic acids is 1. The molecule has 3 aromatic carbocycles. The fourth-order valence-electron chi connectivity index (χ4n) is 3.46. The molecule has 0 aliphatic rings. The molecule has 4 nitrogen and oxygen atoms in total. The topological polar surface area (TPSA) is 69.6 Å². The fourth-order valence-corrected chi connectivity index (χ4v) is 3.65. The Morgan fingerprint density at radius 2 is 1.81 bits per heavy atom. The maximum absolute atomic E-state index is 11.2. The molecule has 0 radical (unpaired) electrons. The van der Waals surface area contributed by atoms with Gasteiger partial charge in [-0.2, -0.15) is 0 Å². The largest absolute Gasteiger partial charge is 0.478 e. The van der Waals surface area contributed by atoms with E-state index in [0.717, 1.165) is 41.6 Å². The molecule has 0 saturated carbocycles. The minimum Gasteiger partial charge on any atom is -0.478 e. The number of halogens is 2. The molecule has 0 spiro atoms. The predicted octanol–water partition coefficient (Wildman–Crippen LogP) is 5.56. The zero-order chi connectivity index (χ0) is 21.5. The molecule has 3 rings (SSSR count). The van der Waals surface area contributed by atoms with E-state index >= 15 is 0 Å². The number of carboxylic acid groups (broad SMARTS) is 1. The van der Waals surface area contributed by atoms with Crippen molar-refractivity contribution in [3.63, 3.8) is 0 Å². The van der Waals surface area contributed by atoms with Crippen molar-refractivity contribution in [2.24, 2.45) is 0 Å². The molecule has 164 valence electrons. The summed E-state index contributed by atoms with van der Waals surface area (Å²) in [6.07, 6.45) is 1.03. The van der Waals surface area contributed by atoms with Crippen LogP contribution in [0.4, 0.5) is 0 Å². The Bertz CT molecular complexity index is 1010. The number of aliphatic hydroxyl groups excluding tert-OH is 1. The van der Waals surface area contributed by atoms with Crippen LogP contribution in [0.25, 0.3) is 11.1 Å². The number of carboxylic acids is 1. The molecule has 0 fully saturated rings.